The van der Waals surface area contributed by atoms with E-state index in [1.165, 1.54) is 17.7 Å². The highest BCUT2D eigenvalue weighted by Crippen LogP contribution is 2.31. The van der Waals surface area contributed by atoms with Crippen LogP contribution in [0.3, 0.4) is 0 Å². The SMILES string of the molecule is CCOc1cc(CNc2ccccc2CC)ccc1OS(=O)(=O)c1ccc(C)cc1. The van der Waals surface area contributed by atoms with Crippen molar-refractivity contribution in [3.05, 3.63) is 83.4 Å². The van der Waals surface area contributed by atoms with E-state index in [0.29, 0.717) is 18.9 Å². The van der Waals surface area contributed by atoms with Crippen molar-refractivity contribution in [2.24, 2.45) is 0 Å². The van der Waals surface area contributed by atoms with Crippen LogP contribution in [0.2, 0.25) is 0 Å². The Morgan fingerprint density at radius 3 is 2.33 bits per heavy atom. The lowest BCUT2D eigenvalue weighted by Crippen LogP contribution is -2.11. The Balaban J connectivity index is 1.80. The van der Waals surface area contributed by atoms with Gasteiger partial charge in [0.25, 0.3) is 0 Å². The van der Waals surface area contributed by atoms with E-state index in [2.05, 4.69) is 18.3 Å². The van der Waals surface area contributed by atoms with Crippen LogP contribution in [0.4, 0.5) is 5.69 Å². The first-order chi connectivity index (χ1) is 14.4. The molecule has 0 saturated carbocycles. The van der Waals surface area contributed by atoms with E-state index in [1.54, 1.807) is 18.2 Å². The van der Waals surface area contributed by atoms with Crippen LogP contribution < -0.4 is 14.2 Å². The van der Waals surface area contributed by atoms with Gasteiger partial charge >= 0.3 is 10.1 Å². The number of hydrogen-bond donors (Lipinski definition) is 1. The van der Waals surface area contributed by atoms with Crippen LogP contribution in [0.5, 0.6) is 11.5 Å². The lowest BCUT2D eigenvalue weighted by Gasteiger charge is -2.15. The minimum absolute atomic E-state index is 0.109. The van der Waals surface area contributed by atoms with Crippen LogP contribution in [0.25, 0.3) is 0 Å². The average Bonchev–Trinajstić information content (AvgIpc) is 2.74. The predicted molar refractivity (Wildman–Crippen MR) is 120 cm³/mol. The zero-order valence-corrected chi connectivity index (χ0v) is 18.3. The molecular formula is C24H27NO4S. The summed E-state index contributed by atoms with van der Waals surface area (Å²) >= 11 is 0. The van der Waals surface area contributed by atoms with Crippen molar-refractivity contribution in [2.45, 2.75) is 38.6 Å². The molecule has 0 aromatic heterocycles. The van der Waals surface area contributed by atoms with E-state index in [1.807, 2.05) is 44.2 Å². The highest BCUT2D eigenvalue weighted by Gasteiger charge is 2.19. The summed E-state index contributed by atoms with van der Waals surface area (Å²) in [5.74, 6) is 0.575. The number of aryl methyl sites for hydroxylation is 2. The Morgan fingerprint density at radius 1 is 0.900 bits per heavy atom. The number of rotatable bonds is 9. The van der Waals surface area contributed by atoms with Crippen LogP contribution in [-0.2, 0) is 23.1 Å². The molecule has 3 aromatic rings. The van der Waals surface area contributed by atoms with E-state index >= 15 is 0 Å². The predicted octanol–water partition coefficient (Wildman–Crippen LogP) is 5.34. The van der Waals surface area contributed by atoms with Crippen LogP contribution in [0.15, 0.2) is 71.6 Å². The van der Waals surface area contributed by atoms with Gasteiger partial charge in [-0.05, 0) is 61.7 Å². The standard InChI is InChI=1S/C24H27NO4S/c1-4-20-8-6-7-9-22(20)25-17-19-12-15-23(24(16-19)28-5-2)29-30(26,27)21-13-10-18(3)11-14-21/h6-16,25H,4-5,17H2,1-3H3. The van der Waals surface area contributed by atoms with Gasteiger partial charge in [-0.1, -0.05) is 48.9 Å². The average molecular weight is 426 g/mol. The largest absolute Gasteiger partial charge is 0.490 e. The van der Waals surface area contributed by atoms with E-state index in [0.717, 1.165) is 23.2 Å². The lowest BCUT2D eigenvalue weighted by atomic mass is 10.1. The van der Waals surface area contributed by atoms with Gasteiger partial charge in [-0.3, -0.25) is 0 Å². The van der Waals surface area contributed by atoms with Gasteiger partial charge < -0.3 is 14.2 Å². The van der Waals surface area contributed by atoms with Gasteiger partial charge in [0.2, 0.25) is 0 Å². The first-order valence-electron chi connectivity index (χ1n) is 10.0. The van der Waals surface area contributed by atoms with Gasteiger partial charge in [0.15, 0.2) is 11.5 Å². The van der Waals surface area contributed by atoms with Gasteiger partial charge in [0.1, 0.15) is 4.90 Å². The third kappa shape index (κ3) is 5.33. The maximum absolute atomic E-state index is 12.6. The molecule has 0 aliphatic rings. The minimum atomic E-state index is -3.94. The normalized spacial score (nSPS) is 11.2. The second kappa shape index (κ2) is 9.67. The van der Waals surface area contributed by atoms with Crippen molar-refractivity contribution in [3.63, 3.8) is 0 Å². The molecule has 5 nitrogen and oxygen atoms in total. The molecule has 0 aliphatic carbocycles. The molecule has 0 radical (unpaired) electrons. The molecule has 0 saturated heterocycles. The Bertz CT molecular complexity index is 1090. The number of para-hydroxylation sites is 1. The second-order valence-electron chi connectivity index (χ2n) is 6.93. The minimum Gasteiger partial charge on any atom is -0.490 e. The molecule has 0 atom stereocenters. The molecule has 0 amide bonds. The summed E-state index contributed by atoms with van der Waals surface area (Å²) in [7, 11) is -3.94. The number of ether oxygens (including phenoxy) is 1. The zero-order chi connectivity index (χ0) is 21.6. The number of anilines is 1. The summed E-state index contributed by atoms with van der Waals surface area (Å²) in [6.45, 7) is 6.85. The van der Waals surface area contributed by atoms with Gasteiger partial charge in [-0.25, -0.2) is 0 Å². The Labute approximate surface area is 178 Å². The summed E-state index contributed by atoms with van der Waals surface area (Å²) in [5, 5.41) is 3.43. The third-order valence-corrected chi connectivity index (χ3v) is 5.95. The fourth-order valence-electron chi connectivity index (χ4n) is 3.07. The molecule has 0 bridgehead atoms. The van der Waals surface area contributed by atoms with E-state index in [9.17, 15) is 8.42 Å². The van der Waals surface area contributed by atoms with Gasteiger partial charge in [0, 0.05) is 12.2 Å². The van der Waals surface area contributed by atoms with Crippen LogP contribution >= 0.6 is 0 Å². The first-order valence-corrected chi connectivity index (χ1v) is 11.4. The summed E-state index contributed by atoms with van der Waals surface area (Å²) in [5.41, 5.74) is 4.27. The highest BCUT2D eigenvalue weighted by molar-refractivity contribution is 7.87. The van der Waals surface area contributed by atoms with Crippen molar-refractivity contribution in [1.29, 1.82) is 0 Å². The molecule has 0 heterocycles. The monoisotopic (exact) mass is 425 g/mol. The molecule has 0 spiro atoms. The number of hydrogen-bond acceptors (Lipinski definition) is 5. The van der Waals surface area contributed by atoms with Crippen molar-refractivity contribution >= 4 is 15.8 Å². The molecule has 0 fully saturated rings. The van der Waals surface area contributed by atoms with Crippen molar-refractivity contribution in [3.8, 4) is 11.5 Å². The molecular weight excluding hydrogens is 398 g/mol. The smallest absolute Gasteiger partial charge is 0.339 e. The Kier molecular flexibility index (Phi) is 7.00. The highest BCUT2D eigenvalue weighted by atomic mass is 32.2. The Hall–Kier alpha value is -2.99. The summed E-state index contributed by atoms with van der Waals surface area (Å²) < 4.78 is 36.3. The first kappa shape index (κ1) is 21.7. The third-order valence-electron chi connectivity index (χ3n) is 4.70. The lowest BCUT2D eigenvalue weighted by molar-refractivity contribution is 0.327. The fourth-order valence-corrected chi connectivity index (χ4v) is 4.01. The number of benzene rings is 3. The molecule has 0 aliphatic heterocycles. The maximum Gasteiger partial charge on any atom is 0.339 e. The van der Waals surface area contributed by atoms with Crippen molar-refractivity contribution in [1.82, 2.24) is 0 Å². The summed E-state index contributed by atoms with van der Waals surface area (Å²) in [6.07, 6.45) is 0.941. The van der Waals surface area contributed by atoms with Crippen molar-refractivity contribution in [2.75, 3.05) is 11.9 Å². The summed E-state index contributed by atoms with van der Waals surface area (Å²) in [4.78, 5) is 0.109. The molecule has 158 valence electrons. The Morgan fingerprint density at radius 2 is 1.63 bits per heavy atom. The molecule has 0 unspecified atom stereocenters. The molecule has 6 heteroatoms. The van der Waals surface area contributed by atoms with Gasteiger partial charge in [-0.2, -0.15) is 8.42 Å². The molecule has 3 rings (SSSR count). The van der Waals surface area contributed by atoms with Gasteiger partial charge in [-0.15, -0.1) is 0 Å². The quantitative estimate of drug-likeness (QED) is 0.469. The van der Waals surface area contributed by atoms with Crippen molar-refractivity contribution < 1.29 is 17.3 Å². The molecule has 1 N–H and O–H groups in total. The molecule has 30 heavy (non-hydrogen) atoms. The molecule has 3 aromatic carbocycles. The zero-order valence-electron chi connectivity index (χ0n) is 17.5. The van der Waals surface area contributed by atoms with Gasteiger partial charge in [0.05, 0.1) is 6.61 Å². The van der Waals surface area contributed by atoms with E-state index in [-0.39, 0.29) is 10.6 Å². The number of nitrogens with one attached hydrogen (secondary N) is 1. The maximum atomic E-state index is 12.6. The van der Waals surface area contributed by atoms with Crippen LogP contribution in [-0.4, -0.2) is 15.0 Å². The fraction of sp³-hybridized carbons (Fsp3) is 0.250. The van der Waals surface area contributed by atoms with E-state index < -0.39 is 10.1 Å². The second-order valence-corrected chi connectivity index (χ2v) is 8.48. The van der Waals surface area contributed by atoms with Crippen LogP contribution in [0.1, 0.15) is 30.5 Å². The van der Waals surface area contributed by atoms with E-state index in [4.69, 9.17) is 8.92 Å². The summed E-state index contributed by atoms with van der Waals surface area (Å²) in [6, 6.07) is 20.0. The van der Waals surface area contributed by atoms with Crippen LogP contribution in [0, 0.1) is 6.92 Å². The topological polar surface area (TPSA) is 64.6 Å².